The number of rotatable bonds is 3. The third kappa shape index (κ3) is 3.99. The number of halogens is 1. The van der Waals surface area contributed by atoms with E-state index >= 15 is 0 Å². The smallest absolute Gasteiger partial charge is 0.279 e. The van der Waals surface area contributed by atoms with Crippen LogP contribution in [0.5, 0.6) is 0 Å². The van der Waals surface area contributed by atoms with Crippen molar-refractivity contribution in [3.8, 4) is 0 Å². The molecule has 0 aliphatic heterocycles. The Labute approximate surface area is 166 Å². The van der Waals surface area contributed by atoms with Gasteiger partial charge in [-0.05, 0) is 47.7 Å². The van der Waals surface area contributed by atoms with Crippen LogP contribution in [0.2, 0.25) is 0 Å². The predicted molar refractivity (Wildman–Crippen MR) is 113 cm³/mol. The van der Waals surface area contributed by atoms with E-state index in [9.17, 15) is 4.79 Å². The van der Waals surface area contributed by atoms with Crippen molar-refractivity contribution in [1.82, 2.24) is 4.57 Å². The van der Waals surface area contributed by atoms with E-state index in [1.807, 2.05) is 30.3 Å². The maximum Gasteiger partial charge on any atom is 0.279 e. The van der Waals surface area contributed by atoms with Crippen molar-refractivity contribution in [2.45, 2.75) is 46.1 Å². The van der Waals surface area contributed by atoms with Crippen LogP contribution in [0.25, 0.3) is 10.2 Å². The van der Waals surface area contributed by atoms with Crippen LogP contribution in [0.4, 0.5) is 0 Å². The van der Waals surface area contributed by atoms with Gasteiger partial charge in [-0.25, -0.2) is 0 Å². The molecular weight excluding hydrogens is 408 g/mol. The number of hydrogen-bond acceptors (Lipinski definition) is 2. The van der Waals surface area contributed by atoms with E-state index in [0.717, 1.165) is 32.5 Å². The van der Waals surface area contributed by atoms with Gasteiger partial charge >= 0.3 is 0 Å². The standard InChI is InChI=1S/C21H23BrN2OS/c1-5-12-24-17-11-10-16(22)13-18(17)26-20(24)23-19(25)14-6-8-15(9-7-14)21(2,3)4/h6-11,13H,5,12H2,1-4H3. The van der Waals surface area contributed by atoms with Gasteiger partial charge in [-0.3, -0.25) is 4.79 Å². The molecular formula is C21H23BrN2OS. The highest BCUT2D eigenvalue weighted by Crippen LogP contribution is 2.24. The lowest BCUT2D eigenvalue weighted by molar-refractivity contribution is 0.0997. The summed E-state index contributed by atoms with van der Waals surface area (Å²) in [6.45, 7) is 9.47. The van der Waals surface area contributed by atoms with Gasteiger partial charge in [-0.2, -0.15) is 4.99 Å². The summed E-state index contributed by atoms with van der Waals surface area (Å²) in [6, 6.07) is 14.0. The van der Waals surface area contributed by atoms with Crippen LogP contribution in [0.3, 0.4) is 0 Å². The summed E-state index contributed by atoms with van der Waals surface area (Å²) in [5.41, 5.74) is 3.03. The molecule has 0 saturated heterocycles. The van der Waals surface area contributed by atoms with Crippen LogP contribution in [0, 0.1) is 0 Å². The minimum absolute atomic E-state index is 0.0712. The van der Waals surface area contributed by atoms with Gasteiger partial charge in [0.15, 0.2) is 4.80 Å². The fraction of sp³-hybridized carbons (Fsp3) is 0.333. The highest BCUT2D eigenvalue weighted by atomic mass is 79.9. The Morgan fingerprint density at radius 1 is 1.15 bits per heavy atom. The van der Waals surface area contributed by atoms with Crippen LogP contribution >= 0.6 is 27.3 Å². The second kappa shape index (κ2) is 7.49. The third-order valence-electron chi connectivity index (χ3n) is 4.29. The first-order valence-electron chi connectivity index (χ1n) is 8.78. The van der Waals surface area contributed by atoms with Crippen molar-refractivity contribution in [2.75, 3.05) is 0 Å². The monoisotopic (exact) mass is 430 g/mol. The van der Waals surface area contributed by atoms with Crippen LogP contribution in [-0.4, -0.2) is 10.5 Å². The number of hydrogen-bond donors (Lipinski definition) is 0. The Kier molecular flexibility index (Phi) is 5.49. The lowest BCUT2D eigenvalue weighted by Gasteiger charge is -2.18. The van der Waals surface area contributed by atoms with E-state index in [1.54, 1.807) is 11.3 Å². The van der Waals surface area contributed by atoms with Crippen LogP contribution in [0.1, 0.15) is 50.0 Å². The summed E-state index contributed by atoms with van der Waals surface area (Å²) in [6.07, 6.45) is 0.990. The van der Waals surface area contributed by atoms with Crippen molar-refractivity contribution in [3.05, 3.63) is 62.9 Å². The van der Waals surface area contributed by atoms with Crippen molar-refractivity contribution in [1.29, 1.82) is 0 Å². The van der Waals surface area contributed by atoms with Gasteiger partial charge in [0.1, 0.15) is 0 Å². The van der Waals surface area contributed by atoms with Gasteiger partial charge in [0, 0.05) is 16.6 Å². The largest absolute Gasteiger partial charge is 0.316 e. The molecule has 26 heavy (non-hydrogen) atoms. The van der Waals surface area contributed by atoms with Gasteiger partial charge in [-0.1, -0.05) is 67.1 Å². The molecule has 1 heterocycles. The van der Waals surface area contributed by atoms with Gasteiger partial charge < -0.3 is 4.57 Å². The number of carbonyl (C=O) groups is 1. The van der Waals surface area contributed by atoms with E-state index in [2.05, 4.69) is 65.3 Å². The molecule has 136 valence electrons. The van der Waals surface area contributed by atoms with Crippen LogP contribution < -0.4 is 4.80 Å². The number of nitrogens with zero attached hydrogens (tertiary/aromatic N) is 2. The van der Waals surface area contributed by atoms with E-state index in [-0.39, 0.29) is 11.3 Å². The van der Waals surface area contributed by atoms with E-state index in [0.29, 0.717) is 5.56 Å². The van der Waals surface area contributed by atoms with Crippen LogP contribution in [0.15, 0.2) is 51.9 Å². The molecule has 1 amide bonds. The molecule has 0 radical (unpaired) electrons. The average Bonchev–Trinajstić information content (AvgIpc) is 2.91. The molecule has 3 rings (SSSR count). The molecule has 0 fully saturated rings. The van der Waals surface area contributed by atoms with Crippen molar-refractivity contribution < 1.29 is 4.79 Å². The minimum atomic E-state index is -0.194. The molecule has 0 bridgehead atoms. The highest BCUT2D eigenvalue weighted by Gasteiger charge is 2.14. The predicted octanol–water partition coefficient (Wildman–Crippen LogP) is 5.91. The second-order valence-electron chi connectivity index (χ2n) is 7.39. The molecule has 3 aromatic rings. The van der Waals surface area contributed by atoms with Gasteiger partial charge in [-0.15, -0.1) is 0 Å². The molecule has 0 atom stereocenters. The molecule has 0 N–H and O–H groups in total. The Morgan fingerprint density at radius 2 is 1.85 bits per heavy atom. The van der Waals surface area contributed by atoms with Crippen molar-refractivity contribution in [3.63, 3.8) is 0 Å². The zero-order valence-corrected chi connectivity index (χ0v) is 17.9. The quantitative estimate of drug-likeness (QED) is 0.507. The fourth-order valence-electron chi connectivity index (χ4n) is 2.84. The Morgan fingerprint density at radius 3 is 2.46 bits per heavy atom. The Hall–Kier alpha value is -1.72. The first-order valence-corrected chi connectivity index (χ1v) is 10.4. The molecule has 0 aliphatic rings. The van der Waals surface area contributed by atoms with E-state index in [4.69, 9.17) is 0 Å². The molecule has 5 heteroatoms. The first-order chi connectivity index (χ1) is 12.3. The minimum Gasteiger partial charge on any atom is -0.316 e. The summed E-state index contributed by atoms with van der Waals surface area (Å²) in [7, 11) is 0. The maximum absolute atomic E-state index is 12.7. The zero-order chi connectivity index (χ0) is 18.9. The van der Waals surface area contributed by atoms with E-state index < -0.39 is 0 Å². The highest BCUT2D eigenvalue weighted by molar-refractivity contribution is 9.10. The number of thiazole rings is 1. The number of aromatic nitrogens is 1. The number of carbonyl (C=O) groups excluding carboxylic acids is 1. The number of amides is 1. The van der Waals surface area contributed by atoms with Gasteiger partial charge in [0.25, 0.3) is 5.91 Å². The molecule has 0 spiro atoms. The van der Waals surface area contributed by atoms with E-state index in [1.165, 1.54) is 5.56 Å². The number of aryl methyl sites for hydroxylation is 1. The Balaban J connectivity index is 2.03. The van der Waals surface area contributed by atoms with Crippen LogP contribution in [-0.2, 0) is 12.0 Å². The first kappa shape index (κ1) is 19.1. The van der Waals surface area contributed by atoms with Crippen molar-refractivity contribution >= 4 is 43.4 Å². The maximum atomic E-state index is 12.7. The summed E-state index contributed by atoms with van der Waals surface area (Å²) in [5, 5.41) is 0. The SMILES string of the molecule is CCCn1c(=NC(=O)c2ccc(C(C)(C)C)cc2)sc2cc(Br)ccc21. The zero-order valence-electron chi connectivity index (χ0n) is 15.5. The normalized spacial score (nSPS) is 12.7. The molecule has 0 saturated carbocycles. The topological polar surface area (TPSA) is 34.4 Å². The van der Waals surface area contributed by atoms with Gasteiger partial charge in [0.05, 0.1) is 10.2 Å². The Bertz CT molecular complexity index is 1010. The lowest BCUT2D eigenvalue weighted by Crippen LogP contribution is -2.17. The number of benzene rings is 2. The summed E-state index contributed by atoms with van der Waals surface area (Å²) < 4.78 is 4.29. The fourth-order valence-corrected chi connectivity index (χ4v) is 4.44. The molecule has 0 aliphatic carbocycles. The molecule has 0 unspecified atom stereocenters. The molecule has 2 aromatic carbocycles. The summed E-state index contributed by atoms with van der Waals surface area (Å²) in [4.78, 5) is 17.9. The third-order valence-corrected chi connectivity index (χ3v) is 5.82. The number of fused-ring (bicyclic) bond motifs is 1. The van der Waals surface area contributed by atoms with Crippen molar-refractivity contribution in [2.24, 2.45) is 4.99 Å². The molecule has 3 nitrogen and oxygen atoms in total. The molecule has 1 aromatic heterocycles. The van der Waals surface area contributed by atoms with Gasteiger partial charge in [0.2, 0.25) is 0 Å². The lowest BCUT2D eigenvalue weighted by atomic mass is 9.87. The summed E-state index contributed by atoms with van der Waals surface area (Å²) in [5.74, 6) is -0.194. The second-order valence-corrected chi connectivity index (χ2v) is 9.32. The summed E-state index contributed by atoms with van der Waals surface area (Å²) >= 11 is 5.07. The average molecular weight is 431 g/mol.